The molecule has 5 heteroatoms. The summed E-state index contributed by atoms with van der Waals surface area (Å²) in [7, 11) is 4.29. The van der Waals surface area contributed by atoms with Gasteiger partial charge in [0.15, 0.2) is 0 Å². The molecule has 0 amide bonds. The van der Waals surface area contributed by atoms with Gasteiger partial charge in [-0.2, -0.15) is 5.10 Å². The molecule has 1 aliphatic carbocycles. The normalized spacial score (nSPS) is 18.9. The molecule has 0 bridgehead atoms. The van der Waals surface area contributed by atoms with E-state index >= 15 is 0 Å². The van der Waals surface area contributed by atoms with Gasteiger partial charge >= 0.3 is 0 Å². The summed E-state index contributed by atoms with van der Waals surface area (Å²) in [6.07, 6.45) is 6.35. The third-order valence-corrected chi connectivity index (χ3v) is 5.73. The summed E-state index contributed by atoms with van der Waals surface area (Å²) < 4.78 is 2.14. The lowest BCUT2D eigenvalue weighted by molar-refractivity contribution is 0.146. The molecule has 146 valence electrons. The molecule has 0 saturated heterocycles. The highest BCUT2D eigenvalue weighted by Gasteiger charge is 2.31. The van der Waals surface area contributed by atoms with E-state index in [0.717, 1.165) is 39.5 Å². The van der Waals surface area contributed by atoms with Gasteiger partial charge in [-0.1, -0.05) is 24.3 Å². The standard InChI is InChI=1S/C24H25N5/c1-28(2)16-17-13-20(14-17)29-12-10-21(27-29)19-7-6-18-8-9-23(26-24(18)15-19)22-5-3-4-11-25-22/h3-12,15,17,20H,13-14,16H2,1-2H3. The van der Waals surface area contributed by atoms with Crippen LogP contribution in [0.3, 0.4) is 0 Å². The molecular formula is C24H25N5. The SMILES string of the molecule is CN(C)CC1CC(n2ccc(-c3ccc4ccc(-c5ccccn5)nc4c3)n2)C1. The molecule has 1 aromatic carbocycles. The van der Waals surface area contributed by atoms with Crippen molar-refractivity contribution in [2.24, 2.45) is 5.92 Å². The molecule has 0 radical (unpaired) electrons. The van der Waals surface area contributed by atoms with Crippen LogP contribution in [0.4, 0.5) is 0 Å². The Hall–Kier alpha value is -3.05. The smallest absolute Gasteiger partial charge is 0.0924 e. The Kier molecular flexibility index (Phi) is 4.60. The maximum atomic E-state index is 4.87. The van der Waals surface area contributed by atoms with Crippen molar-refractivity contribution in [2.75, 3.05) is 20.6 Å². The van der Waals surface area contributed by atoms with Crippen LogP contribution in [0.15, 0.2) is 67.0 Å². The number of pyridine rings is 2. The van der Waals surface area contributed by atoms with E-state index in [1.54, 1.807) is 6.20 Å². The van der Waals surface area contributed by atoms with Crippen molar-refractivity contribution in [1.29, 1.82) is 0 Å². The van der Waals surface area contributed by atoms with E-state index in [0.29, 0.717) is 6.04 Å². The molecule has 0 atom stereocenters. The Morgan fingerprint density at radius 2 is 1.83 bits per heavy atom. The van der Waals surface area contributed by atoms with Crippen LogP contribution < -0.4 is 0 Å². The van der Waals surface area contributed by atoms with Crippen molar-refractivity contribution in [1.82, 2.24) is 24.6 Å². The van der Waals surface area contributed by atoms with Crippen LogP contribution in [-0.2, 0) is 0 Å². The molecule has 0 N–H and O–H groups in total. The maximum Gasteiger partial charge on any atom is 0.0924 e. The van der Waals surface area contributed by atoms with E-state index in [1.807, 2.05) is 24.3 Å². The minimum absolute atomic E-state index is 0.531. The highest BCUT2D eigenvalue weighted by atomic mass is 15.3. The summed E-state index contributed by atoms with van der Waals surface area (Å²) in [5.74, 6) is 0.789. The van der Waals surface area contributed by atoms with Crippen LogP contribution in [0.25, 0.3) is 33.5 Å². The summed E-state index contributed by atoms with van der Waals surface area (Å²) in [4.78, 5) is 11.5. The minimum atomic E-state index is 0.531. The summed E-state index contributed by atoms with van der Waals surface area (Å²) in [5.41, 5.74) is 4.86. The first-order valence-corrected chi connectivity index (χ1v) is 10.2. The minimum Gasteiger partial charge on any atom is -0.309 e. The molecule has 3 aromatic heterocycles. The topological polar surface area (TPSA) is 46.8 Å². The predicted octanol–water partition coefficient (Wildman–Crippen LogP) is 4.67. The molecule has 3 heterocycles. The number of benzene rings is 1. The second-order valence-electron chi connectivity index (χ2n) is 8.25. The summed E-state index contributed by atoms with van der Waals surface area (Å²) >= 11 is 0. The lowest BCUT2D eigenvalue weighted by Crippen LogP contribution is -2.34. The molecule has 4 aromatic rings. The first-order chi connectivity index (χ1) is 14.2. The van der Waals surface area contributed by atoms with Gasteiger partial charge in [-0.15, -0.1) is 0 Å². The lowest BCUT2D eigenvalue weighted by atomic mass is 9.80. The molecule has 0 spiro atoms. The molecule has 1 aliphatic rings. The zero-order valence-electron chi connectivity index (χ0n) is 16.9. The van der Waals surface area contributed by atoms with Crippen molar-refractivity contribution in [3.05, 3.63) is 67.0 Å². The van der Waals surface area contributed by atoms with E-state index in [9.17, 15) is 0 Å². The van der Waals surface area contributed by atoms with Gasteiger partial charge in [-0.05, 0) is 63.2 Å². The zero-order valence-corrected chi connectivity index (χ0v) is 16.9. The van der Waals surface area contributed by atoms with Gasteiger partial charge < -0.3 is 4.90 Å². The summed E-state index contributed by atoms with van der Waals surface area (Å²) in [5, 5.41) is 5.99. The summed E-state index contributed by atoms with van der Waals surface area (Å²) in [6.45, 7) is 1.17. The van der Waals surface area contributed by atoms with Gasteiger partial charge in [0.1, 0.15) is 0 Å². The van der Waals surface area contributed by atoms with Crippen molar-refractivity contribution >= 4 is 10.9 Å². The van der Waals surface area contributed by atoms with Gasteiger partial charge in [0.05, 0.1) is 28.6 Å². The van der Waals surface area contributed by atoms with Gasteiger partial charge in [0.25, 0.3) is 0 Å². The van der Waals surface area contributed by atoms with Crippen molar-refractivity contribution in [3.8, 4) is 22.6 Å². The van der Waals surface area contributed by atoms with E-state index < -0.39 is 0 Å². The Balaban J connectivity index is 1.39. The zero-order chi connectivity index (χ0) is 19.8. The maximum absolute atomic E-state index is 4.87. The largest absolute Gasteiger partial charge is 0.309 e. The fourth-order valence-electron chi connectivity index (χ4n) is 4.21. The van der Waals surface area contributed by atoms with Gasteiger partial charge in [0.2, 0.25) is 0 Å². The van der Waals surface area contributed by atoms with E-state index in [1.165, 1.54) is 19.4 Å². The van der Waals surface area contributed by atoms with Crippen LogP contribution in [-0.4, -0.2) is 45.3 Å². The van der Waals surface area contributed by atoms with Crippen LogP contribution in [0.2, 0.25) is 0 Å². The van der Waals surface area contributed by atoms with Crippen molar-refractivity contribution in [3.63, 3.8) is 0 Å². The van der Waals surface area contributed by atoms with E-state index in [4.69, 9.17) is 10.1 Å². The monoisotopic (exact) mass is 383 g/mol. The van der Waals surface area contributed by atoms with Crippen LogP contribution in [0.1, 0.15) is 18.9 Å². The molecule has 29 heavy (non-hydrogen) atoms. The first kappa shape index (κ1) is 18.0. The first-order valence-electron chi connectivity index (χ1n) is 10.2. The van der Waals surface area contributed by atoms with Crippen LogP contribution in [0.5, 0.6) is 0 Å². The van der Waals surface area contributed by atoms with Gasteiger partial charge in [-0.25, -0.2) is 4.98 Å². The number of hydrogen-bond acceptors (Lipinski definition) is 4. The second kappa shape index (κ2) is 7.41. The third kappa shape index (κ3) is 3.66. The average molecular weight is 383 g/mol. The number of nitrogens with zero attached hydrogens (tertiary/aromatic N) is 5. The molecular weight excluding hydrogens is 358 g/mol. The third-order valence-electron chi connectivity index (χ3n) is 5.73. The molecule has 5 nitrogen and oxygen atoms in total. The predicted molar refractivity (Wildman–Crippen MR) is 117 cm³/mol. The highest BCUT2D eigenvalue weighted by Crippen LogP contribution is 2.38. The Morgan fingerprint density at radius 1 is 0.966 bits per heavy atom. The lowest BCUT2D eigenvalue weighted by Gasteiger charge is -2.36. The van der Waals surface area contributed by atoms with Crippen LogP contribution >= 0.6 is 0 Å². The van der Waals surface area contributed by atoms with Crippen molar-refractivity contribution < 1.29 is 0 Å². The number of fused-ring (bicyclic) bond motifs is 1. The molecule has 0 aliphatic heterocycles. The van der Waals surface area contributed by atoms with E-state index in [2.05, 4.69) is 65.2 Å². The fraction of sp³-hybridized carbons (Fsp3) is 0.292. The Bertz CT molecular complexity index is 1130. The van der Waals surface area contributed by atoms with E-state index in [-0.39, 0.29) is 0 Å². The number of rotatable bonds is 5. The van der Waals surface area contributed by atoms with Gasteiger partial charge in [-0.3, -0.25) is 9.67 Å². The summed E-state index contributed by atoms with van der Waals surface area (Å²) in [6, 6.07) is 19.1. The Labute approximate surface area is 171 Å². The van der Waals surface area contributed by atoms with Crippen molar-refractivity contribution in [2.45, 2.75) is 18.9 Å². The molecule has 5 rings (SSSR count). The molecule has 1 fully saturated rings. The molecule has 0 unspecified atom stereocenters. The quantitative estimate of drug-likeness (QED) is 0.502. The average Bonchev–Trinajstić information content (AvgIpc) is 3.19. The Morgan fingerprint density at radius 3 is 2.62 bits per heavy atom. The van der Waals surface area contributed by atoms with Gasteiger partial charge in [0, 0.05) is 29.9 Å². The molecule has 1 saturated carbocycles. The highest BCUT2D eigenvalue weighted by molar-refractivity contribution is 5.85. The number of aromatic nitrogens is 4. The second-order valence-corrected chi connectivity index (χ2v) is 8.25. The van der Waals surface area contributed by atoms with Crippen LogP contribution in [0, 0.1) is 5.92 Å². The fourth-order valence-corrected chi connectivity index (χ4v) is 4.21. The number of hydrogen-bond donors (Lipinski definition) is 0.